The van der Waals surface area contributed by atoms with Gasteiger partial charge in [-0.3, -0.25) is 14.2 Å². The largest absolute Gasteiger partial charge is 0.376 e. The van der Waals surface area contributed by atoms with E-state index in [-0.39, 0.29) is 18.2 Å². The molecule has 1 fully saturated rings. The molecule has 0 bridgehead atoms. The van der Waals surface area contributed by atoms with Crippen molar-refractivity contribution in [1.82, 2.24) is 9.55 Å². The van der Waals surface area contributed by atoms with Crippen molar-refractivity contribution in [3.8, 4) is 0 Å². The molecule has 0 radical (unpaired) electrons. The van der Waals surface area contributed by atoms with Crippen molar-refractivity contribution in [2.75, 3.05) is 11.9 Å². The van der Waals surface area contributed by atoms with Crippen molar-refractivity contribution in [2.45, 2.75) is 39.3 Å². The summed E-state index contributed by atoms with van der Waals surface area (Å²) >= 11 is 0. The quantitative estimate of drug-likeness (QED) is 0.881. The number of rotatable bonds is 4. The Morgan fingerprint density at radius 1 is 1.36 bits per heavy atom. The molecular formula is C18H21N3O4. The lowest BCUT2D eigenvalue weighted by Crippen LogP contribution is -2.41. The third-order valence-corrected chi connectivity index (χ3v) is 4.57. The summed E-state index contributed by atoms with van der Waals surface area (Å²) in [6, 6.07) is 5.55. The van der Waals surface area contributed by atoms with E-state index in [9.17, 15) is 14.4 Å². The van der Waals surface area contributed by atoms with Crippen LogP contribution in [0.4, 0.5) is 5.69 Å². The van der Waals surface area contributed by atoms with E-state index >= 15 is 0 Å². The van der Waals surface area contributed by atoms with E-state index in [2.05, 4.69) is 10.3 Å². The average molecular weight is 343 g/mol. The molecule has 25 heavy (non-hydrogen) atoms. The number of nitrogens with zero attached hydrogens (tertiary/aromatic N) is 1. The van der Waals surface area contributed by atoms with Gasteiger partial charge in [0.15, 0.2) is 0 Å². The normalized spacial score (nSPS) is 16.8. The molecule has 2 N–H and O–H groups in total. The highest BCUT2D eigenvalue weighted by Gasteiger charge is 2.21. The number of carbonyl (C=O) groups is 1. The minimum absolute atomic E-state index is 0.0986. The molecule has 7 nitrogen and oxygen atoms in total. The second kappa shape index (κ2) is 7.06. The van der Waals surface area contributed by atoms with Crippen LogP contribution in [0.1, 0.15) is 34.3 Å². The van der Waals surface area contributed by atoms with Crippen LogP contribution >= 0.6 is 0 Å². The van der Waals surface area contributed by atoms with Crippen LogP contribution in [0.5, 0.6) is 0 Å². The van der Waals surface area contributed by atoms with Gasteiger partial charge in [-0.1, -0.05) is 12.1 Å². The van der Waals surface area contributed by atoms with Crippen molar-refractivity contribution in [1.29, 1.82) is 0 Å². The van der Waals surface area contributed by atoms with E-state index in [0.29, 0.717) is 12.3 Å². The van der Waals surface area contributed by atoms with Gasteiger partial charge >= 0.3 is 5.69 Å². The SMILES string of the molecule is Cc1cccc(NC(=O)c2c[nH]c(=O)n(CC3CCCO3)c2=O)c1C. The Morgan fingerprint density at radius 3 is 2.88 bits per heavy atom. The molecule has 1 amide bonds. The van der Waals surface area contributed by atoms with Crippen LogP contribution in [0.25, 0.3) is 0 Å². The molecule has 132 valence electrons. The highest BCUT2D eigenvalue weighted by Crippen LogP contribution is 2.18. The number of aryl methyl sites for hydroxylation is 1. The minimum atomic E-state index is -0.609. The summed E-state index contributed by atoms with van der Waals surface area (Å²) in [7, 11) is 0. The number of amides is 1. The molecule has 0 saturated carbocycles. The Labute approximate surface area is 144 Å². The highest BCUT2D eigenvalue weighted by atomic mass is 16.5. The molecule has 1 atom stereocenters. The van der Waals surface area contributed by atoms with Crippen molar-refractivity contribution in [3.63, 3.8) is 0 Å². The first-order valence-electron chi connectivity index (χ1n) is 8.29. The number of aromatic amines is 1. The fourth-order valence-corrected chi connectivity index (χ4v) is 2.91. The lowest BCUT2D eigenvalue weighted by atomic mass is 10.1. The lowest BCUT2D eigenvalue weighted by molar-refractivity contribution is 0.0941. The average Bonchev–Trinajstić information content (AvgIpc) is 3.09. The summed E-state index contributed by atoms with van der Waals surface area (Å²) in [6.07, 6.45) is 2.70. The van der Waals surface area contributed by atoms with E-state index in [0.717, 1.165) is 34.7 Å². The van der Waals surface area contributed by atoms with Crippen LogP contribution in [0.3, 0.4) is 0 Å². The van der Waals surface area contributed by atoms with Gasteiger partial charge in [-0.2, -0.15) is 0 Å². The number of ether oxygens (including phenoxy) is 1. The van der Waals surface area contributed by atoms with Gasteiger partial charge in [-0.05, 0) is 43.9 Å². The molecule has 1 aliphatic heterocycles. The highest BCUT2D eigenvalue weighted by molar-refractivity contribution is 6.04. The molecular weight excluding hydrogens is 322 g/mol. The number of hydrogen-bond acceptors (Lipinski definition) is 4. The first-order valence-corrected chi connectivity index (χ1v) is 8.29. The molecule has 1 aliphatic rings. The number of carbonyl (C=O) groups excluding carboxylic acids is 1. The minimum Gasteiger partial charge on any atom is -0.376 e. The fourth-order valence-electron chi connectivity index (χ4n) is 2.91. The molecule has 1 saturated heterocycles. The number of aromatic nitrogens is 2. The molecule has 3 rings (SSSR count). The number of benzene rings is 1. The van der Waals surface area contributed by atoms with Gasteiger partial charge in [0.05, 0.1) is 12.6 Å². The molecule has 2 aromatic rings. The monoisotopic (exact) mass is 343 g/mol. The number of H-pyrrole nitrogens is 1. The van der Waals surface area contributed by atoms with E-state index in [4.69, 9.17) is 4.74 Å². The fraction of sp³-hybridized carbons (Fsp3) is 0.389. The maximum absolute atomic E-state index is 12.6. The van der Waals surface area contributed by atoms with E-state index in [1.54, 1.807) is 6.07 Å². The molecule has 2 heterocycles. The van der Waals surface area contributed by atoms with Gasteiger partial charge in [0.2, 0.25) is 0 Å². The number of anilines is 1. The Kier molecular flexibility index (Phi) is 4.85. The molecule has 7 heteroatoms. The van der Waals surface area contributed by atoms with Crippen LogP contribution < -0.4 is 16.6 Å². The van der Waals surface area contributed by atoms with Crippen LogP contribution in [-0.2, 0) is 11.3 Å². The van der Waals surface area contributed by atoms with Crippen LogP contribution in [-0.4, -0.2) is 28.2 Å². The predicted molar refractivity (Wildman–Crippen MR) is 94.2 cm³/mol. The lowest BCUT2D eigenvalue weighted by Gasteiger charge is -2.13. The molecule has 1 unspecified atom stereocenters. The van der Waals surface area contributed by atoms with Gasteiger partial charge in [0.1, 0.15) is 5.56 Å². The van der Waals surface area contributed by atoms with Gasteiger partial charge < -0.3 is 15.0 Å². The van der Waals surface area contributed by atoms with Gasteiger partial charge in [-0.25, -0.2) is 4.79 Å². The van der Waals surface area contributed by atoms with Crippen LogP contribution in [0, 0.1) is 13.8 Å². The summed E-state index contributed by atoms with van der Waals surface area (Å²) in [4.78, 5) is 39.6. The van der Waals surface area contributed by atoms with E-state index in [1.807, 2.05) is 26.0 Å². The first kappa shape index (κ1) is 17.2. The Hall–Kier alpha value is -2.67. The third-order valence-electron chi connectivity index (χ3n) is 4.57. The Morgan fingerprint density at radius 2 is 2.16 bits per heavy atom. The van der Waals surface area contributed by atoms with Gasteiger partial charge in [0, 0.05) is 18.5 Å². The van der Waals surface area contributed by atoms with Crippen molar-refractivity contribution in [3.05, 3.63) is 61.9 Å². The molecule has 0 spiro atoms. The summed E-state index contributed by atoms with van der Waals surface area (Å²) in [5.74, 6) is -0.545. The number of hydrogen-bond donors (Lipinski definition) is 2. The molecule has 1 aromatic carbocycles. The number of nitrogens with one attached hydrogen (secondary N) is 2. The first-order chi connectivity index (χ1) is 12.0. The smallest absolute Gasteiger partial charge is 0.328 e. The second-order valence-electron chi connectivity index (χ2n) is 6.26. The topological polar surface area (TPSA) is 93.2 Å². The van der Waals surface area contributed by atoms with Crippen LogP contribution in [0.2, 0.25) is 0 Å². The van der Waals surface area contributed by atoms with Crippen LogP contribution in [0.15, 0.2) is 34.0 Å². The predicted octanol–water partition coefficient (Wildman–Crippen LogP) is 1.58. The zero-order chi connectivity index (χ0) is 18.0. The Balaban J connectivity index is 1.89. The summed E-state index contributed by atoms with van der Waals surface area (Å²) in [6.45, 7) is 4.62. The molecule has 0 aliphatic carbocycles. The second-order valence-corrected chi connectivity index (χ2v) is 6.26. The van der Waals surface area contributed by atoms with E-state index in [1.165, 1.54) is 0 Å². The zero-order valence-corrected chi connectivity index (χ0v) is 14.3. The van der Waals surface area contributed by atoms with Crippen molar-refractivity contribution < 1.29 is 9.53 Å². The molecule has 1 aromatic heterocycles. The summed E-state index contributed by atoms with van der Waals surface area (Å²) in [5, 5.41) is 2.74. The standard InChI is InChI=1S/C18H21N3O4/c1-11-5-3-7-15(12(11)2)20-16(22)14-9-19-18(24)21(17(14)23)10-13-6-4-8-25-13/h3,5,7,9,13H,4,6,8,10H2,1-2H3,(H,19,24)(H,20,22). The van der Waals surface area contributed by atoms with Gasteiger partial charge in [0.25, 0.3) is 11.5 Å². The Bertz CT molecular complexity index is 907. The van der Waals surface area contributed by atoms with Gasteiger partial charge in [-0.15, -0.1) is 0 Å². The zero-order valence-electron chi connectivity index (χ0n) is 14.3. The summed E-state index contributed by atoms with van der Waals surface area (Å²) in [5.41, 5.74) is 1.36. The summed E-state index contributed by atoms with van der Waals surface area (Å²) < 4.78 is 6.51. The maximum Gasteiger partial charge on any atom is 0.328 e. The van der Waals surface area contributed by atoms with E-state index < -0.39 is 17.2 Å². The van der Waals surface area contributed by atoms with Crippen molar-refractivity contribution in [2.24, 2.45) is 0 Å². The maximum atomic E-state index is 12.6. The third kappa shape index (κ3) is 3.56. The van der Waals surface area contributed by atoms with Crippen molar-refractivity contribution >= 4 is 11.6 Å².